The summed E-state index contributed by atoms with van der Waals surface area (Å²) in [6, 6.07) is 14.3. The first kappa shape index (κ1) is 14.8. The van der Waals surface area contributed by atoms with E-state index in [1.807, 2.05) is 24.3 Å². The SMILES string of the molecule is COc1ccccc1C(=O)OCc1nc(N)c2ccccc2n1. The molecule has 0 unspecified atom stereocenters. The van der Waals surface area contributed by atoms with Crippen molar-refractivity contribution in [3.05, 3.63) is 59.9 Å². The molecule has 116 valence electrons. The van der Waals surface area contributed by atoms with Crippen LogP contribution in [0.2, 0.25) is 0 Å². The van der Waals surface area contributed by atoms with Crippen LogP contribution in [0, 0.1) is 0 Å². The molecule has 6 nitrogen and oxygen atoms in total. The molecule has 0 saturated carbocycles. The van der Waals surface area contributed by atoms with Crippen molar-refractivity contribution in [3.63, 3.8) is 0 Å². The molecular formula is C17H15N3O3. The number of para-hydroxylation sites is 2. The molecule has 0 aliphatic carbocycles. The van der Waals surface area contributed by atoms with Crippen molar-refractivity contribution in [1.29, 1.82) is 0 Å². The molecule has 0 bridgehead atoms. The Bertz CT molecular complexity index is 865. The number of nitrogen functional groups attached to an aromatic ring is 1. The highest BCUT2D eigenvalue weighted by Crippen LogP contribution is 2.20. The Morgan fingerprint density at radius 2 is 1.83 bits per heavy atom. The van der Waals surface area contributed by atoms with Gasteiger partial charge in [0, 0.05) is 5.39 Å². The van der Waals surface area contributed by atoms with Crippen LogP contribution < -0.4 is 10.5 Å². The van der Waals surface area contributed by atoms with Gasteiger partial charge in [-0.3, -0.25) is 0 Å². The van der Waals surface area contributed by atoms with E-state index in [-0.39, 0.29) is 6.61 Å². The van der Waals surface area contributed by atoms with Gasteiger partial charge in [-0.25, -0.2) is 14.8 Å². The fourth-order valence-electron chi connectivity index (χ4n) is 2.24. The highest BCUT2D eigenvalue weighted by atomic mass is 16.5. The summed E-state index contributed by atoms with van der Waals surface area (Å²) in [7, 11) is 1.50. The number of rotatable bonds is 4. The van der Waals surface area contributed by atoms with Crippen LogP contribution in [-0.4, -0.2) is 23.0 Å². The molecule has 0 spiro atoms. The quantitative estimate of drug-likeness (QED) is 0.745. The number of esters is 1. The summed E-state index contributed by atoms with van der Waals surface area (Å²) >= 11 is 0. The van der Waals surface area contributed by atoms with Gasteiger partial charge in [-0.05, 0) is 24.3 Å². The maximum absolute atomic E-state index is 12.2. The fourth-order valence-corrected chi connectivity index (χ4v) is 2.24. The van der Waals surface area contributed by atoms with E-state index in [0.29, 0.717) is 28.5 Å². The Morgan fingerprint density at radius 3 is 2.65 bits per heavy atom. The molecule has 0 aliphatic rings. The highest BCUT2D eigenvalue weighted by molar-refractivity contribution is 5.92. The second-order valence-corrected chi connectivity index (χ2v) is 4.82. The molecule has 1 heterocycles. The van der Waals surface area contributed by atoms with Gasteiger partial charge < -0.3 is 15.2 Å². The van der Waals surface area contributed by atoms with Crippen molar-refractivity contribution in [3.8, 4) is 5.75 Å². The first-order chi connectivity index (χ1) is 11.2. The standard InChI is InChI=1S/C17H15N3O3/c1-22-14-9-5-3-7-12(14)17(21)23-10-15-19-13-8-4-2-6-11(13)16(18)20-15/h2-9H,10H2,1H3,(H2,18,19,20). The molecule has 6 heteroatoms. The van der Waals surface area contributed by atoms with E-state index in [1.54, 1.807) is 24.3 Å². The van der Waals surface area contributed by atoms with Crippen molar-refractivity contribution < 1.29 is 14.3 Å². The number of hydrogen-bond acceptors (Lipinski definition) is 6. The zero-order valence-corrected chi connectivity index (χ0v) is 12.5. The largest absolute Gasteiger partial charge is 0.496 e. The van der Waals surface area contributed by atoms with E-state index in [1.165, 1.54) is 7.11 Å². The summed E-state index contributed by atoms with van der Waals surface area (Å²) in [5, 5.41) is 0.771. The van der Waals surface area contributed by atoms with E-state index in [2.05, 4.69) is 9.97 Å². The third kappa shape index (κ3) is 3.06. The topological polar surface area (TPSA) is 87.3 Å². The van der Waals surface area contributed by atoms with Crippen molar-refractivity contribution in [2.75, 3.05) is 12.8 Å². The Morgan fingerprint density at radius 1 is 1.09 bits per heavy atom. The highest BCUT2D eigenvalue weighted by Gasteiger charge is 2.14. The molecule has 1 aromatic heterocycles. The Labute approximate surface area is 132 Å². The van der Waals surface area contributed by atoms with Crippen LogP contribution in [0.25, 0.3) is 10.9 Å². The number of nitrogens with zero attached hydrogens (tertiary/aromatic N) is 2. The Balaban J connectivity index is 1.79. The average molecular weight is 309 g/mol. The van der Waals surface area contributed by atoms with E-state index in [9.17, 15) is 4.79 Å². The van der Waals surface area contributed by atoms with Gasteiger partial charge in [-0.2, -0.15) is 0 Å². The van der Waals surface area contributed by atoms with E-state index in [4.69, 9.17) is 15.2 Å². The average Bonchev–Trinajstić information content (AvgIpc) is 2.59. The lowest BCUT2D eigenvalue weighted by Crippen LogP contribution is -2.09. The van der Waals surface area contributed by atoms with Gasteiger partial charge in [-0.1, -0.05) is 24.3 Å². The van der Waals surface area contributed by atoms with Crippen molar-refractivity contribution in [2.24, 2.45) is 0 Å². The minimum Gasteiger partial charge on any atom is -0.496 e. The number of benzene rings is 2. The van der Waals surface area contributed by atoms with E-state index >= 15 is 0 Å². The summed E-state index contributed by atoms with van der Waals surface area (Å²) in [4.78, 5) is 20.7. The number of methoxy groups -OCH3 is 1. The molecular weight excluding hydrogens is 294 g/mol. The number of carbonyl (C=O) groups is 1. The molecule has 0 amide bonds. The second-order valence-electron chi connectivity index (χ2n) is 4.82. The first-order valence-electron chi connectivity index (χ1n) is 7.00. The molecule has 3 aromatic rings. The normalized spacial score (nSPS) is 10.5. The predicted octanol–water partition coefficient (Wildman–Crippen LogP) is 2.58. The zero-order chi connectivity index (χ0) is 16.2. The molecule has 2 N–H and O–H groups in total. The molecule has 0 aliphatic heterocycles. The van der Waals surface area contributed by atoms with Crippen LogP contribution in [0.1, 0.15) is 16.2 Å². The molecule has 2 aromatic carbocycles. The van der Waals surface area contributed by atoms with Gasteiger partial charge >= 0.3 is 5.97 Å². The summed E-state index contributed by atoms with van der Waals surface area (Å²) in [5.74, 6) is 0.664. The number of anilines is 1. The smallest absolute Gasteiger partial charge is 0.342 e. The van der Waals surface area contributed by atoms with E-state index in [0.717, 1.165) is 5.39 Å². The van der Waals surface area contributed by atoms with Gasteiger partial charge in [0.2, 0.25) is 0 Å². The van der Waals surface area contributed by atoms with Crippen LogP contribution in [0.5, 0.6) is 5.75 Å². The summed E-state index contributed by atoms with van der Waals surface area (Å²) in [5.41, 5.74) is 6.97. The molecule has 3 rings (SSSR count). The molecule has 0 fully saturated rings. The lowest BCUT2D eigenvalue weighted by Gasteiger charge is -2.09. The van der Waals surface area contributed by atoms with Gasteiger partial charge in [0.1, 0.15) is 17.1 Å². The Kier molecular flexibility index (Phi) is 4.05. The lowest BCUT2D eigenvalue weighted by molar-refractivity contribution is 0.0459. The van der Waals surface area contributed by atoms with Crippen molar-refractivity contribution in [2.45, 2.75) is 6.61 Å². The fraction of sp³-hybridized carbons (Fsp3) is 0.118. The van der Waals surface area contributed by atoms with Gasteiger partial charge in [0.05, 0.1) is 12.6 Å². The number of hydrogen-bond donors (Lipinski definition) is 1. The summed E-state index contributed by atoms with van der Waals surface area (Å²) in [6.45, 7) is -0.0636. The van der Waals surface area contributed by atoms with Crippen LogP contribution in [0.15, 0.2) is 48.5 Å². The van der Waals surface area contributed by atoms with E-state index < -0.39 is 5.97 Å². The van der Waals surface area contributed by atoms with Gasteiger partial charge in [-0.15, -0.1) is 0 Å². The van der Waals surface area contributed by atoms with Gasteiger partial charge in [0.25, 0.3) is 0 Å². The Hall–Kier alpha value is -3.15. The number of nitrogens with two attached hydrogens (primary N) is 1. The zero-order valence-electron chi connectivity index (χ0n) is 12.5. The molecule has 0 radical (unpaired) electrons. The van der Waals surface area contributed by atoms with Crippen LogP contribution >= 0.6 is 0 Å². The van der Waals surface area contributed by atoms with Crippen LogP contribution in [0.4, 0.5) is 5.82 Å². The number of carbonyl (C=O) groups excluding carboxylic acids is 1. The van der Waals surface area contributed by atoms with Crippen LogP contribution in [0.3, 0.4) is 0 Å². The second kappa shape index (κ2) is 6.31. The third-order valence-electron chi connectivity index (χ3n) is 3.34. The monoisotopic (exact) mass is 309 g/mol. The predicted molar refractivity (Wildman–Crippen MR) is 86.1 cm³/mol. The maximum atomic E-state index is 12.2. The number of ether oxygens (including phenoxy) is 2. The minimum atomic E-state index is -0.502. The van der Waals surface area contributed by atoms with Crippen molar-refractivity contribution in [1.82, 2.24) is 9.97 Å². The van der Waals surface area contributed by atoms with Crippen LogP contribution in [-0.2, 0) is 11.3 Å². The molecule has 23 heavy (non-hydrogen) atoms. The molecule has 0 saturated heterocycles. The molecule has 0 atom stereocenters. The third-order valence-corrected chi connectivity index (χ3v) is 3.34. The first-order valence-corrected chi connectivity index (χ1v) is 7.00. The van der Waals surface area contributed by atoms with Crippen molar-refractivity contribution >= 4 is 22.7 Å². The number of fused-ring (bicyclic) bond motifs is 1. The minimum absolute atomic E-state index is 0.0636. The maximum Gasteiger partial charge on any atom is 0.342 e. The lowest BCUT2D eigenvalue weighted by atomic mass is 10.2. The summed E-state index contributed by atoms with van der Waals surface area (Å²) < 4.78 is 10.4. The van der Waals surface area contributed by atoms with Gasteiger partial charge in [0.15, 0.2) is 12.4 Å². The number of aromatic nitrogens is 2. The summed E-state index contributed by atoms with van der Waals surface area (Å²) in [6.07, 6.45) is 0.